The maximum Gasteiger partial charge on any atom is 0.0780 e. The molecule has 0 heterocycles. The molecule has 0 aliphatic heterocycles. The Morgan fingerprint density at radius 2 is 0.773 bits per heavy atom. The van der Waals surface area contributed by atoms with Crippen LogP contribution < -0.4 is 12.4 Å². The molecule has 135 valence electrons. The number of nitrogens with zero attached hydrogens (tertiary/aromatic N) is 1. The summed E-state index contributed by atoms with van der Waals surface area (Å²) in [4.78, 5) is 0. The van der Waals surface area contributed by atoms with E-state index in [9.17, 15) is 0 Å². The zero-order chi connectivity index (χ0) is 15.1. The van der Waals surface area contributed by atoms with Gasteiger partial charge in [0, 0.05) is 22.4 Å². The Morgan fingerprint density at radius 1 is 0.500 bits per heavy atom. The predicted octanol–water partition coefficient (Wildman–Crippen LogP) is 3.18. The minimum atomic E-state index is 0. The molecule has 22 heavy (non-hydrogen) atoms. The van der Waals surface area contributed by atoms with Gasteiger partial charge in [0.25, 0.3) is 0 Å². The van der Waals surface area contributed by atoms with Gasteiger partial charge in [0.1, 0.15) is 0 Å². The van der Waals surface area contributed by atoms with Crippen LogP contribution in [-0.2, 0) is 22.4 Å². The molecule has 0 aromatic rings. The van der Waals surface area contributed by atoms with Gasteiger partial charge in [-0.15, -0.1) is 0 Å². The van der Waals surface area contributed by atoms with Crippen LogP contribution in [0.4, 0.5) is 0 Å². The molecular formula is C19H42ClNTa. The van der Waals surface area contributed by atoms with E-state index in [4.69, 9.17) is 0 Å². The number of halogens is 1. The molecule has 0 rings (SSSR count). The summed E-state index contributed by atoms with van der Waals surface area (Å²) in [5.41, 5.74) is 0. The van der Waals surface area contributed by atoms with Crippen molar-refractivity contribution in [2.24, 2.45) is 0 Å². The van der Waals surface area contributed by atoms with Gasteiger partial charge in [-0.25, -0.2) is 0 Å². The summed E-state index contributed by atoms with van der Waals surface area (Å²) < 4.78 is 1.12. The van der Waals surface area contributed by atoms with Gasteiger partial charge in [-0.3, -0.25) is 0 Å². The molecule has 0 fully saturated rings. The fourth-order valence-corrected chi connectivity index (χ4v) is 2.78. The average molecular weight is 501 g/mol. The van der Waals surface area contributed by atoms with Crippen molar-refractivity contribution in [1.82, 2.24) is 0 Å². The predicted molar refractivity (Wildman–Crippen MR) is 93.2 cm³/mol. The van der Waals surface area contributed by atoms with Gasteiger partial charge < -0.3 is 16.9 Å². The van der Waals surface area contributed by atoms with Crippen LogP contribution in [0.25, 0.3) is 0 Å². The number of unbranched alkanes of at least 4 members (excludes halogenated alkanes) is 13. The summed E-state index contributed by atoms with van der Waals surface area (Å²) in [6, 6.07) is 0. The Kier molecular flexibility index (Phi) is 25.3. The molecule has 0 N–H and O–H groups in total. The standard InChI is InChI=1S/C19H42N.ClH.Ta/c1-5-6-7-8-9-10-11-12-13-14-15-16-17-18-19-20(2,3)4;;/h5-19H2,1-4H3;1H;/q+1;;/p-1. The third-order valence-corrected chi connectivity index (χ3v) is 4.18. The fourth-order valence-electron chi connectivity index (χ4n) is 2.78. The van der Waals surface area contributed by atoms with Crippen LogP contribution in [0.2, 0.25) is 0 Å². The molecular weight excluding hydrogens is 459 g/mol. The van der Waals surface area contributed by atoms with Crippen molar-refractivity contribution in [2.75, 3.05) is 27.7 Å². The first-order valence-electron chi connectivity index (χ1n) is 9.36. The monoisotopic (exact) mass is 500 g/mol. The minimum Gasteiger partial charge on any atom is -1.00 e. The molecule has 3 heteroatoms. The van der Waals surface area contributed by atoms with Gasteiger partial charge in [0.05, 0.1) is 27.7 Å². The topological polar surface area (TPSA) is 0 Å². The second kappa shape index (κ2) is 20.0. The Balaban J connectivity index is -0.00000180. The number of rotatable bonds is 15. The Labute approximate surface area is 163 Å². The van der Waals surface area contributed by atoms with Crippen molar-refractivity contribution in [3.63, 3.8) is 0 Å². The van der Waals surface area contributed by atoms with E-state index < -0.39 is 0 Å². The summed E-state index contributed by atoms with van der Waals surface area (Å²) >= 11 is 0. The first kappa shape index (κ1) is 27.8. The minimum absolute atomic E-state index is 0. The molecule has 0 atom stereocenters. The zero-order valence-corrected chi connectivity index (χ0v) is 19.8. The molecule has 0 unspecified atom stereocenters. The van der Waals surface area contributed by atoms with Gasteiger partial charge in [0.2, 0.25) is 0 Å². The van der Waals surface area contributed by atoms with Crippen LogP contribution in [0, 0.1) is 0 Å². The molecule has 0 aliphatic rings. The Bertz CT molecular complexity index is 192. The normalized spacial score (nSPS) is 10.9. The quantitative estimate of drug-likeness (QED) is 0.239. The number of hydrogen-bond donors (Lipinski definition) is 0. The largest absolute Gasteiger partial charge is 1.00 e. The smallest absolute Gasteiger partial charge is 0.0780 e. The molecule has 0 bridgehead atoms. The maximum atomic E-state index is 2.29. The summed E-state index contributed by atoms with van der Waals surface area (Å²) in [6.07, 6.45) is 20.4. The van der Waals surface area contributed by atoms with Crippen molar-refractivity contribution >= 4 is 0 Å². The van der Waals surface area contributed by atoms with E-state index in [1.807, 2.05) is 0 Å². The molecule has 1 nitrogen and oxygen atoms in total. The van der Waals surface area contributed by atoms with Crippen LogP contribution in [0.15, 0.2) is 0 Å². The van der Waals surface area contributed by atoms with E-state index in [1.54, 1.807) is 0 Å². The molecule has 0 saturated carbocycles. The molecule has 0 aliphatic carbocycles. The van der Waals surface area contributed by atoms with Gasteiger partial charge in [-0.1, -0.05) is 84.0 Å². The van der Waals surface area contributed by atoms with Gasteiger partial charge in [-0.05, 0) is 12.8 Å². The van der Waals surface area contributed by atoms with E-state index >= 15 is 0 Å². The van der Waals surface area contributed by atoms with E-state index in [0.717, 1.165) is 4.48 Å². The average Bonchev–Trinajstić information content (AvgIpc) is 2.38. The van der Waals surface area contributed by atoms with Crippen molar-refractivity contribution in [1.29, 1.82) is 0 Å². The van der Waals surface area contributed by atoms with Crippen molar-refractivity contribution in [3.8, 4) is 0 Å². The summed E-state index contributed by atoms with van der Waals surface area (Å²) in [5.74, 6) is 0. The van der Waals surface area contributed by atoms with Crippen LogP contribution in [0.3, 0.4) is 0 Å². The van der Waals surface area contributed by atoms with E-state index in [0.29, 0.717) is 0 Å². The number of hydrogen-bond acceptors (Lipinski definition) is 0. The third kappa shape index (κ3) is 25.9. The maximum absolute atomic E-state index is 2.29. The van der Waals surface area contributed by atoms with Crippen LogP contribution in [0.1, 0.15) is 96.8 Å². The summed E-state index contributed by atoms with van der Waals surface area (Å²) in [5, 5.41) is 0. The van der Waals surface area contributed by atoms with E-state index in [1.165, 1.54) is 96.4 Å². The van der Waals surface area contributed by atoms with Crippen LogP contribution in [0.5, 0.6) is 0 Å². The van der Waals surface area contributed by atoms with Crippen molar-refractivity contribution in [3.05, 3.63) is 0 Å². The van der Waals surface area contributed by atoms with E-state index in [2.05, 4.69) is 28.1 Å². The van der Waals surface area contributed by atoms with Gasteiger partial charge in [0.15, 0.2) is 0 Å². The van der Waals surface area contributed by atoms with Crippen molar-refractivity contribution in [2.45, 2.75) is 96.8 Å². The van der Waals surface area contributed by atoms with Gasteiger partial charge >= 0.3 is 0 Å². The Morgan fingerprint density at radius 3 is 1.05 bits per heavy atom. The molecule has 0 amide bonds. The molecule has 0 saturated heterocycles. The summed E-state index contributed by atoms with van der Waals surface area (Å²) in [6.45, 7) is 3.63. The first-order valence-corrected chi connectivity index (χ1v) is 9.36. The third-order valence-electron chi connectivity index (χ3n) is 4.18. The second-order valence-corrected chi connectivity index (χ2v) is 7.61. The van der Waals surface area contributed by atoms with E-state index in [-0.39, 0.29) is 34.8 Å². The SMILES string of the molecule is CCCCCCCCCCCCCCCC[N+](C)(C)C.[Cl-].[Ta]. The van der Waals surface area contributed by atoms with Crippen LogP contribution in [-0.4, -0.2) is 32.2 Å². The van der Waals surface area contributed by atoms with Gasteiger partial charge in [-0.2, -0.15) is 0 Å². The van der Waals surface area contributed by atoms with Crippen LogP contribution >= 0.6 is 0 Å². The molecule has 0 aromatic heterocycles. The molecule has 1 radical (unpaired) electrons. The molecule has 0 spiro atoms. The number of quaternary nitrogens is 1. The Hall–Kier alpha value is 0.990. The van der Waals surface area contributed by atoms with Crippen molar-refractivity contribution < 1.29 is 39.3 Å². The summed E-state index contributed by atoms with van der Waals surface area (Å²) in [7, 11) is 6.88. The second-order valence-electron chi connectivity index (χ2n) is 7.61. The molecule has 0 aromatic carbocycles. The first-order chi connectivity index (χ1) is 9.56. The fraction of sp³-hybridized carbons (Fsp3) is 1.00. The zero-order valence-electron chi connectivity index (χ0n) is 15.9.